The lowest BCUT2D eigenvalue weighted by Gasteiger charge is -2.37. The first-order valence-corrected chi connectivity index (χ1v) is 19.3. The molecule has 0 spiro atoms. The van der Waals surface area contributed by atoms with E-state index in [0.29, 0.717) is 23.2 Å². The molecule has 0 aliphatic heterocycles. The van der Waals surface area contributed by atoms with Gasteiger partial charge in [0.2, 0.25) is 11.6 Å². The Bertz CT molecular complexity index is 1590. The van der Waals surface area contributed by atoms with Crippen molar-refractivity contribution in [2.45, 2.75) is 25.9 Å². The average Bonchev–Trinajstić information content (AvgIpc) is 3.11. The van der Waals surface area contributed by atoms with Crippen molar-refractivity contribution in [3.8, 4) is 0 Å². The Morgan fingerprint density at radius 1 is 0.409 bits per heavy atom. The summed E-state index contributed by atoms with van der Waals surface area (Å²) in [5, 5.41) is 4.07. The molecule has 0 saturated heterocycles. The van der Waals surface area contributed by atoms with E-state index in [-0.39, 0.29) is 23.1 Å². The number of carbonyl (C=O) groups is 2. The Morgan fingerprint density at radius 2 is 0.659 bits per heavy atom. The minimum absolute atomic E-state index is 0.00658. The molecule has 0 heterocycles. The van der Waals surface area contributed by atoms with Gasteiger partial charge in [0, 0.05) is 11.1 Å². The van der Waals surface area contributed by atoms with Gasteiger partial charge in [-0.15, -0.1) is 0 Å². The molecule has 0 radical (unpaired) electrons. The van der Waals surface area contributed by atoms with Gasteiger partial charge in [-0.1, -0.05) is 159 Å². The predicted octanol–water partition coefficient (Wildman–Crippen LogP) is 5.87. The zero-order chi connectivity index (χ0) is 30.6. The van der Waals surface area contributed by atoms with Crippen molar-refractivity contribution in [3.63, 3.8) is 0 Å². The predicted molar refractivity (Wildman–Crippen MR) is 181 cm³/mol. The summed E-state index contributed by atoms with van der Waals surface area (Å²) in [5.41, 5.74) is 0.673. The van der Waals surface area contributed by atoms with Gasteiger partial charge in [-0.25, -0.2) is 0 Å². The van der Waals surface area contributed by atoms with Gasteiger partial charge in [0.05, 0.1) is 0 Å². The topological polar surface area (TPSA) is 52.6 Å². The van der Waals surface area contributed by atoms with Gasteiger partial charge in [-0.3, -0.25) is 9.59 Å². The molecule has 0 amide bonds. The van der Waals surface area contributed by atoms with Gasteiger partial charge < -0.3 is 8.85 Å². The molecule has 4 nitrogen and oxygen atoms in total. The number of hydrogen-bond acceptors (Lipinski definition) is 4. The molecular weight excluding hydrogens is 577 g/mol. The summed E-state index contributed by atoms with van der Waals surface area (Å²) < 4.78 is 14.3. The van der Waals surface area contributed by atoms with Crippen LogP contribution in [0.1, 0.15) is 34.6 Å². The van der Waals surface area contributed by atoms with Crippen LogP contribution >= 0.6 is 0 Å². The second-order valence-electron chi connectivity index (χ2n) is 10.9. The number of ketones is 2. The maximum absolute atomic E-state index is 14.5. The molecule has 6 heteroatoms. The molecule has 0 unspecified atom stereocenters. The Labute approximate surface area is 260 Å². The van der Waals surface area contributed by atoms with E-state index in [1.165, 1.54) is 0 Å². The molecule has 0 atom stereocenters. The maximum Gasteiger partial charge on any atom is 0.314 e. The first-order valence-electron chi connectivity index (χ1n) is 15.1. The third-order valence-corrected chi connectivity index (χ3v) is 16.7. The highest BCUT2D eigenvalue weighted by Crippen LogP contribution is 2.33. The number of fused-ring (bicyclic) bond motifs is 1. The van der Waals surface area contributed by atoms with E-state index in [1.807, 2.05) is 72.8 Å². The van der Waals surface area contributed by atoms with Crippen LogP contribution in [0.15, 0.2) is 157 Å². The van der Waals surface area contributed by atoms with Gasteiger partial charge in [-0.2, -0.15) is 0 Å². The summed E-state index contributed by atoms with van der Waals surface area (Å²) in [6, 6.07) is 48.6. The van der Waals surface area contributed by atoms with Gasteiger partial charge >= 0.3 is 16.6 Å². The van der Waals surface area contributed by atoms with Crippen LogP contribution in [0.25, 0.3) is 0 Å². The molecule has 0 fully saturated rings. The molecule has 0 N–H and O–H groups in total. The minimum Gasteiger partial charge on any atom is -0.529 e. The Morgan fingerprint density at radius 3 is 0.909 bits per heavy atom. The maximum atomic E-state index is 14.5. The van der Waals surface area contributed by atoms with Crippen molar-refractivity contribution in [2.75, 3.05) is 0 Å². The third kappa shape index (κ3) is 5.06. The second kappa shape index (κ2) is 12.4. The highest BCUT2D eigenvalue weighted by molar-refractivity contribution is 6.98. The molecule has 218 valence electrons. The molecule has 1 aliphatic carbocycles. The first-order chi connectivity index (χ1) is 21.5. The summed E-state index contributed by atoms with van der Waals surface area (Å²) in [4.78, 5) is 29.0. The molecule has 0 bridgehead atoms. The van der Waals surface area contributed by atoms with Crippen molar-refractivity contribution in [1.82, 2.24) is 0 Å². The summed E-state index contributed by atoms with van der Waals surface area (Å²) in [7, 11) is -6.17. The summed E-state index contributed by atoms with van der Waals surface area (Å²) in [6.45, 7) is 4.19. The van der Waals surface area contributed by atoms with Crippen LogP contribution in [0.5, 0.6) is 0 Å². The van der Waals surface area contributed by atoms with E-state index in [4.69, 9.17) is 8.85 Å². The average molecular weight is 611 g/mol. The van der Waals surface area contributed by atoms with Crippen LogP contribution in [0.3, 0.4) is 0 Å². The number of Topliss-reactive ketones (excluding diaryl/α,β-unsaturated/α-hetero) is 2. The lowest BCUT2D eigenvalue weighted by atomic mass is 9.92. The monoisotopic (exact) mass is 610 g/mol. The van der Waals surface area contributed by atoms with Gasteiger partial charge in [0.15, 0.2) is 11.5 Å². The van der Waals surface area contributed by atoms with E-state index < -0.39 is 16.6 Å². The van der Waals surface area contributed by atoms with Crippen LogP contribution in [-0.2, 0) is 8.85 Å². The van der Waals surface area contributed by atoms with E-state index in [9.17, 15) is 9.59 Å². The zero-order valence-corrected chi connectivity index (χ0v) is 26.9. The quantitative estimate of drug-likeness (QED) is 0.186. The molecule has 0 aromatic heterocycles. The van der Waals surface area contributed by atoms with Crippen LogP contribution < -0.4 is 20.7 Å². The van der Waals surface area contributed by atoms with E-state index in [1.54, 1.807) is 24.3 Å². The van der Waals surface area contributed by atoms with Crippen molar-refractivity contribution in [3.05, 3.63) is 168 Å². The number of carbonyl (C=O) groups excluding carboxylic acids is 2. The Kier molecular flexibility index (Phi) is 8.28. The summed E-state index contributed by atoms with van der Waals surface area (Å²) in [5.74, 6) is -0.640. The highest BCUT2D eigenvalue weighted by Gasteiger charge is 2.48. The number of allylic oxidation sites excluding steroid dienone is 2. The Hall–Kier alpha value is -4.79. The number of benzene rings is 5. The van der Waals surface area contributed by atoms with Crippen LogP contribution in [0, 0.1) is 0 Å². The normalized spacial score (nSPS) is 13.4. The van der Waals surface area contributed by atoms with Crippen molar-refractivity contribution in [1.29, 1.82) is 0 Å². The molecule has 44 heavy (non-hydrogen) atoms. The van der Waals surface area contributed by atoms with Gasteiger partial charge in [0.1, 0.15) is 0 Å². The fourth-order valence-electron chi connectivity index (χ4n) is 6.22. The SMILES string of the molecule is CC[Si](OC1=C(O[Si](CC)(c2ccccc2)c2ccccc2)C(=O)c2ccccc2C1=O)(c1ccccc1)c1ccccc1. The summed E-state index contributed by atoms with van der Waals surface area (Å²) in [6.07, 6.45) is 0. The highest BCUT2D eigenvalue weighted by atomic mass is 28.4. The largest absolute Gasteiger partial charge is 0.529 e. The van der Waals surface area contributed by atoms with Crippen LogP contribution in [-0.4, -0.2) is 28.2 Å². The number of hydrogen-bond donors (Lipinski definition) is 0. The first kappa shape index (κ1) is 29.3. The minimum atomic E-state index is -3.08. The molecular formula is C38H34O4Si2. The molecule has 1 aliphatic rings. The number of rotatable bonds is 10. The van der Waals surface area contributed by atoms with Crippen molar-refractivity contribution >= 4 is 48.9 Å². The van der Waals surface area contributed by atoms with E-state index >= 15 is 0 Å². The summed E-state index contributed by atoms with van der Waals surface area (Å²) >= 11 is 0. The van der Waals surface area contributed by atoms with Crippen LogP contribution in [0.2, 0.25) is 12.1 Å². The smallest absolute Gasteiger partial charge is 0.314 e. The van der Waals surface area contributed by atoms with Crippen molar-refractivity contribution < 1.29 is 18.4 Å². The Balaban J connectivity index is 1.62. The fraction of sp³-hybridized carbons (Fsp3) is 0.105. The standard InChI is InChI=1S/C38H34O4Si2/c1-3-43(29-19-9-5-10-20-29,30-21-11-6-12-22-30)41-37-35(39)33-27-17-18-28-34(33)36(40)38(37)42-44(4-2,31-23-13-7-14-24-31)32-25-15-8-16-26-32/h5-28H,3-4H2,1-2H3. The molecule has 5 aromatic rings. The fourth-order valence-corrected chi connectivity index (χ4v) is 13.3. The van der Waals surface area contributed by atoms with Crippen molar-refractivity contribution in [2.24, 2.45) is 0 Å². The lowest BCUT2D eigenvalue weighted by Crippen LogP contribution is -2.62. The van der Waals surface area contributed by atoms with E-state index in [0.717, 1.165) is 20.7 Å². The van der Waals surface area contributed by atoms with Gasteiger partial charge in [-0.05, 0) is 32.8 Å². The van der Waals surface area contributed by atoms with Gasteiger partial charge in [0.25, 0.3) is 0 Å². The second-order valence-corrected chi connectivity index (χ2v) is 18.3. The molecule has 0 saturated carbocycles. The van der Waals surface area contributed by atoms with E-state index in [2.05, 4.69) is 62.4 Å². The molecule has 6 rings (SSSR count). The van der Waals surface area contributed by atoms with Crippen LogP contribution in [0.4, 0.5) is 0 Å². The lowest BCUT2D eigenvalue weighted by molar-refractivity contribution is 0.0894. The zero-order valence-electron chi connectivity index (χ0n) is 24.9. The molecule has 5 aromatic carbocycles. The third-order valence-electron chi connectivity index (χ3n) is 8.54.